The summed E-state index contributed by atoms with van der Waals surface area (Å²) in [5.41, 5.74) is 2.86. The van der Waals surface area contributed by atoms with Gasteiger partial charge in [0.1, 0.15) is 11.6 Å². The van der Waals surface area contributed by atoms with Gasteiger partial charge in [-0.3, -0.25) is 5.32 Å². The number of halogens is 1. The smallest absolute Gasteiger partial charge is 0.320 e. The molecular formula is C16H16FN3O. The zero-order valence-corrected chi connectivity index (χ0v) is 11.7. The van der Waals surface area contributed by atoms with Crippen molar-refractivity contribution in [3.8, 4) is 0 Å². The van der Waals surface area contributed by atoms with Crippen LogP contribution in [0.15, 0.2) is 36.5 Å². The average molecular weight is 285 g/mol. The van der Waals surface area contributed by atoms with Crippen LogP contribution < -0.4 is 10.6 Å². The van der Waals surface area contributed by atoms with Gasteiger partial charge in [0, 0.05) is 6.20 Å². The van der Waals surface area contributed by atoms with E-state index in [1.807, 2.05) is 19.1 Å². The van der Waals surface area contributed by atoms with Crippen molar-refractivity contribution in [2.75, 3.05) is 5.32 Å². The molecule has 3 rings (SSSR count). The fourth-order valence-electron chi connectivity index (χ4n) is 2.65. The van der Waals surface area contributed by atoms with Crippen molar-refractivity contribution in [2.45, 2.75) is 25.8 Å². The summed E-state index contributed by atoms with van der Waals surface area (Å²) in [6, 6.07) is 8.05. The maximum absolute atomic E-state index is 13.2. The molecule has 0 radical (unpaired) electrons. The van der Waals surface area contributed by atoms with E-state index in [1.165, 1.54) is 12.1 Å². The summed E-state index contributed by atoms with van der Waals surface area (Å²) in [7, 11) is 0. The summed E-state index contributed by atoms with van der Waals surface area (Å²) < 4.78 is 13.2. The van der Waals surface area contributed by atoms with Gasteiger partial charge in [0.15, 0.2) is 0 Å². The second-order valence-corrected chi connectivity index (χ2v) is 5.20. The number of hydrogen-bond donors (Lipinski definition) is 2. The molecule has 4 nitrogen and oxygen atoms in total. The summed E-state index contributed by atoms with van der Waals surface area (Å²) in [5.74, 6) is 0.315. The number of nitrogens with one attached hydrogen (secondary N) is 2. The zero-order valence-electron chi connectivity index (χ0n) is 11.7. The van der Waals surface area contributed by atoms with E-state index < -0.39 is 0 Å². The highest BCUT2D eigenvalue weighted by molar-refractivity contribution is 5.89. The normalized spacial score (nSPS) is 16.4. The minimum Gasteiger partial charge on any atom is -0.331 e. The van der Waals surface area contributed by atoms with Crippen LogP contribution >= 0.6 is 0 Å². The van der Waals surface area contributed by atoms with Gasteiger partial charge in [0.05, 0.1) is 6.04 Å². The van der Waals surface area contributed by atoms with Gasteiger partial charge in [0.25, 0.3) is 0 Å². The Bertz CT molecular complexity index is 687. The highest BCUT2D eigenvalue weighted by atomic mass is 19.1. The van der Waals surface area contributed by atoms with E-state index in [9.17, 15) is 9.18 Å². The Morgan fingerprint density at radius 1 is 1.38 bits per heavy atom. The molecule has 1 aliphatic carbocycles. The van der Waals surface area contributed by atoms with E-state index in [1.54, 1.807) is 12.3 Å². The molecule has 1 aliphatic rings. The Morgan fingerprint density at radius 2 is 2.24 bits per heavy atom. The van der Waals surface area contributed by atoms with Crippen LogP contribution in [0.25, 0.3) is 0 Å². The fraction of sp³-hybridized carbons (Fsp3) is 0.250. The molecule has 0 bridgehead atoms. The molecule has 1 aromatic carbocycles. The summed E-state index contributed by atoms with van der Waals surface area (Å²) in [5, 5.41) is 5.66. The van der Waals surface area contributed by atoms with Gasteiger partial charge in [-0.15, -0.1) is 0 Å². The van der Waals surface area contributed by atoms with Crippen molar-refractivity contribution in [1.82, 2.24) is 10.3 Å². The van der Waals surface area contributed by atoms with Crippen LogP contribution in [0.5, 0.6) is 0 Å². The highest BCUT2D eigenvalue weighted by Gasteiger charge is 2.24. The monoisotopic (exact) mass is 285 g/mol. The number of benzene rings is 1. The third kappa shape index (κ3) is 2.86. The largest absolute Gasteiger partial charge is 0.331 e. The lowest BCUT2D eigenvalue weighted by molar-refractivity contribution is 0.248. The number of urea groups is 1. The van der Waals surface area contributed by atoms with Crippen LogP contribution in [0, 0.1) is 12.7 Å². The van der Waals surface area contributed by atoms with Crippen molar-refractivity contribution in [2.24, 2.45) is 0 Å². The predicted molar refractivity (Wildman–Crippen MR) is 78.6 cm³/mol. The Balaban J connectivity index is 1.69. The molecule has 2 N–H and O–H groups in total. The zero-order chi connectivity index (χ0) is 14.8. The summed E-state index contributed by atoms with van der Waals surface area (Å²) >= 11 is 0. The van der Waals surface area contributed by atoms with Gasteiger partial charge in [-0.25, -0.2) is 14.2 Å². The molecule has 108 valence electrons. The minimum absolute atomic E-state index is 0.0791. The Morgan fingerprint density at radius 3 is 3.05 bits per heavy atom. The van der Waals surface area contributed by atoms with Crippen molar-refractivity contribution in [1.29, 1.82) is 0 Å². The Hall–Kier alpha value is -2.43. The summed E-state index contributed by atoms with van der Waals surface area (Å²) in [6.07, 6.45) is 3.20. The molecule has 0 spiro atoms. The highest BCUT2D eigenvalue weighted by Crippen LogP contribution is 2.31. The molecule has 5 heteroatoms. The van der Waals surface area contributed by atoms with Gasteiger partial charge in [-0.2, -0.15) is 0 Å². The van der Waals surface area contributed by atoms with E-state index in [-0.39, 0.29) is 17.9 Å². The number of amides is 2. The average Bonchev–Trinajstić information content (AvgIpc) is 2.83. The quantitative estimate of drug-likeness (QED) is 0.889. The molecule has 0 fully saturated rings. The maximum atomic E-state index is 13.2. The Labute approximate surface area is 122 Å². The third-order valence-corrected chi connectivity index (χ3v) is 3.73. The van der Waals surface area contributed by atoms with Crippen LogP contribution in [-0.4, -0.2) is 11.0 Å². The Kier molecular flexibility index (Phi) is 3.56. The standard InChI is InChI=1S/C16H16FN3O/c1-10-3-2-8-18-15(10)20-16(21)19-14-7-4-11-9-12(17)5-6-13(11)14/h2-3,5-6,8-9,14H,4,7H2,1H3,(H2,18,19,20,21)/t14-/m1/s1. The van der Waals surface area contributed by atoms with Crippen LogP contribution in [0.2, 0.25) is 0 Å². The first-order chi connectivity index (χ1) is 10.1. The fourth-order valence-corrected chi connectivity index (χ4v) is 2.65. The first-order valence-electron chi connectivity index (χ1n) is 6.91. The molecule has 0 unspecified atom stereocenters. The van der Waals surface area contributed by atoms with Gasteiger partial charge >= 0.3 is 6.03 Å². The first kappa shape index (κ1) is 13.5. The maximum Gasteiger partial charge on any atom is 0.320 e. The lowest BCUT2D eigenvalue weighted by Crippen LogP contribution is -2.32. The predicted octanol–water partition coefficient (Wildman–Crippen LogP) is 3.34. The van der Waals surface area contributed by atoms with Gasteiger partial charge in [-0.05, 0) is 54.7 Å². The molecule has 1 atom stereocenters. The van der Waals surface area contributed by atoms with Crippen molar-refractivity contribution in [3.63, 3.8) is 0 Å². The number of fused-ring (bicyclic) bond motifs is 1. The molecule has 1 heterocycles. The van der Waals surface area contributed by atoms with Gasteiger partial charge in [0.2, 0.25) is 0 Å². The molecule has 2 aromatic rings. The van der Waals surface area contributed by atoms with E-state index in [0.29, 0.717) is 5.82 Å². The van der Waals surface area contributed by atoms with Crippen LogP contribution in [-0.2, 0) is 6.42 Å². The number of rotatable bonds is 2. The number of hydrogen-bond acceptors (Lipinski definition) is 2. The van der Waals surface area contributed by atoms with Gasteiger partial charge < -0.3 is 5.32 Å². The van der Waals surface area contributed by atoms with E-state index in [2.05, 4.69) is 15.6 Å². The van der Waals surface area contributed by atoms with E-state index in [4.69, 9.17) is 0 Å². The number of anilines is 1. The first-order valence-corrected chi connectivity index (χ1v) is 6.91. The molecule has 0 saturated carbocycles. The van der Waals surface area contributed by atoms with E-state index >= 15 is 0 Å². The summed E-state index contributed by atoms with van der Waals surface area (Å²) in [6.45, 7) is 1.89. The lowest BCUT2D eigenvalue weighted by Gasteiger charge is -2.15. The molecule has 0 aliphatic heterocycles. The van der Waals surface area contributed by atoms with Crippen LogP contribution in [0.1, 0.15) is 29.2 Å². The number of nitrogens with zero attached hydrogens (tertiary/aromatic N) is 1. The number of carbonyl (C=O) groups excluding carboxylic acids is 1. The topological polar surface area (TPSA) is 54.0 Å². The second kappa shape index (κ2) is 5.52. The number of aryl methyl sites for hydroxylation is 2. The lowest BCUT2D eigenvalue weighted by atomic mass is 10.1. The molecule has 1 aromatic heterocycles. The molecule has 2 amide bonds. The molecular weight excluding hydrogens is 269 g/mol. The number of aromatic nitrogens is 1. The second-order valence-electron chi connectivity index (χ2n) is 5.20. The molecule has 0 saturated heterocycles. The van der Waals surface area contributed by atoms with Gasteiger partial charge in [-0.1, -0.05) is 12.1 Å². The SMILES string of the molecule is Cc1cccnc1NC(=O)N[C@@H]1CCc2cc(F)ccc21. The number of carbonyl (C=O) groups is 1. The van der Waals surface area contributed by atoms with Crippen molar-refractivity contribution in [3.05, 3.63) is 59.0 Å². The molecule has 21 heavy (non-hydrogen) atoms. The van der Waals surface area contributed by atoms with Crippen molar-refractivity contribution >= 4 is 11.8 Å². The van der Waals surface area contributed by atoms with Crippen LogP contribution in [0.3, 0.4) is 0 Å². The number of pyridine rings is 1. The summed E-state index contributed by atoms with van der Waals surface area (Å²) in [4.78, 5) is 16.2. The third-order valence-electron chi connectivity index (χ3n) is 3.73. The van der Waals surface area contributed by atoms with Crippen molar-refractivity contribution < 1.29 is 9.18 Å². The van der Waals surface area contributed by atoms with Crippen LogP contribution in [0.4, 0.5) is 15.0 Å². The van der Waals surface area contributed by atoms with E-state index in [0.717, 1.165) is 29.5 Å². The minimum atomic E-state index is -0.293.